The predicted molar refractivity (Wildman–Crippen MR) is 157 cm³/mol. The molecule has 20 nitrogen and oxygen atoms in total. The summed E-state index contributed by atoms with van der Waals surface area (Å²) >= 11 is 0. The minimum absolute atomic E-state index is 0.0668. The molecule has 11 atom stereocenters. The lowest BCUT2D eigenvalue weighted by Crippen LogP contribution is -2.67. The van der Waals surface area contributed by atoms with Crippen molar-refractivity contribution in [1.29, 1.82) is 0 Å². The number of aliphatic hydroxyl groups is 4. The molecule has 45 heavy (non-hydrogen) atoms. The Balaban J connectivity index is 1.18. The van der Waals surface area contributed by atoms with Gasteiger partial charge in [-0.25, -0.2) is 4.98 Å². The molecule has 0 spiro atoms. The van der Waals surface area contributed by atoms with Gasteiger partial charge < -0.3 is 73.8 Å². The van der Waals surface area contributed by atoms with Crippen LogP contribution in [-0.2, 0) is 25.6 Å². The fraction of sp³-hybridized carbons (Fsp3) is 0.720. The number of H-pyrrole nitrogens is 1. The number of aromatic amines is 1. The number of ether oxygens (including phenoxy) is 2. The molecular weight excluding hydrogens is 598 g/mol. The molecule has 4 rings (SSSR count). The average molecular weight is 642 g/mol. The Bertz CT molecular complexity index is 1380. The number of fused-ring (bicyclic) bond motifs is 1. The van der Waals surface area contributed by atoms with Crippen LogP contribution in [-0.4, -0.2) is 132 Å². The zero-order chi connectivity index (χ0) is 33.0. The first-order valence-electron chi connectivity index (χ1n) is 14.6. The lowest BCUT2D eigenvalue weighted by atomic mass is 9.84. The smallest absolute Gasteiger partial charge is 0.280 e. The molecule has 1 saturated heterocycles. The van der Waals surface area contributed by atoms with Crippen molar-refractivity contribution in [2.45, 2.75) is 99.3 Å². The number of hydrogen-bond donors (Lipinski definition) is 12. The average Bonchev–Trinajstić information content (AvgIpc) is 3.39. The van der Waals surface area contributed by atoms with Gasteiger partial charge >= 0.3 is 0 Å². The molecule has 2 aromatic heterocycles. The molecule has 2 aromatic rings. The Morgan fingerprint density at radius 1 is 1.09 bits per heavy atom. The van der Waals surface area contributed by atoms with E-state index >= 15 is 0 Å². The van der Waals surface area contributed by atoms with Crippen molar-refractivity contribution in [3.8, 4) is 0 Å². The van der Waals surface area contributed by atoms with Gasteiger partial charge in [0.25, 0.3) is 5.56 Å². The van der Waals surface area contributed by atoms with Crippen molar-refractivity contribution in [2.75, 3.05) is 18.8 Å². The highest BCUT2D eigenvalue weighted by atomic mass is 16.7. The Kier molecular flexibility index (Phi) is 11.4. The van der Waals surface area contributed by atoms with Crippen molar-refractivity contribution < 1.29 is 39.5 Å². The van der Waals surface area contributed by atoms with Gasteiger partial charge in [0, 0.05) is 25.2 Å². The molecule has 252 valence electrons. The lowest BCUT2D eigenvalue weighted by molar-refractivity contribution is -0.288. The number of imidazole rings is 1. The topological polar surface area (TPSA) is 351 Å². The van der Waals surface area contributed by atoms with Crippen LogP contribution in [0.3, 0.4) is 0 Å². The van der Waals surface area contributed by atoms with Gasteiger partial charge in [0.15, 0.2) is 17.5 Å². The van der Waals surface area contributed by atoms with Gasteiger partial charge in [-0.15, -0.1) is 0 Å². The number of nitrogens with one attached hydrogen (secondary N) is 3. The summed E-state index contributed by atoms with van der Waals surface area (Å²) in [5.74, 6) is -0.968. The fourth-order valence-corrected chi connectivity index (χ4v) is 5.35. The third kappa shape index (κ3) is 8.10. The molecule has 3 heterocycles. The van der Waals surface area contributed by atoms with Gasteiger partial charge in [0.2, 0.25) is 17.8 Å². The summed E-state index contributed by atoms with van der Waals surface area (Å²) in [6.45, 7) is -0.0611. The molecule has 2 fully saturated rings. The number of aliphatic hydroxyl groups excluding tert-OH is 4. The van der Waals surface area contributed by atoms with Crippen molar-refractivity contribution in [2.24, 2.45) is 22.9 Å². The van der Waals surface area contributed by atoms with E-state index < -0.39 is 78.5 Å². The minimum Gasteiger partial charge on any atom is -0.389 e. The Hall–Kier alpha value is -3.31. The highest BCUT2D eigenvalue weighted by Crippen LogP contribution is 2.27. The standard InChI is InChI=1S/C25H43N11O9/c26-9(3-1-2-4-31-13(37)7-36-8-33-15-21(36)34-25(30)35-23(15)43)22(42)32-6-12-17(39)18(40)14(29)24(44-12)45-20-11(28)5-10(27)16(38)19(20)41/h8-12,14,16-20,24,38-41H,1-7,26-29H2,(H,31,37)(H,32,42)(H3,30,34,35,43)/t9?,10-,11+,12-,14-,16+,17-,18-,19-,20-,24-/m1/s1. The summed E-state index contributed by atoms with van der Waals surface area (Å²) in [5, 5.41) is 46.8. The van der Waals surface area contributed by atoms with Gasteiger partial charge in [0.1, 0.15) is 37.1 Å². The van der Waals surface area contributed by atoms with Crippen molar-refractivity contribution in [3.63, 3.8) is 0 Å². The number of carbonyl (C=O) groups is 2. The number of amides is 2. The maximum atomic E-state index is 12.6. The minimum atomic E-state index is -1.50. The monoisotopic (exact) mass is 641 g/mol. The van der Waals surface area contributed by atoms with Crippen LogP contribution >= 0.6 is 0 Å². The number of rotatable bonds is 12. The molecule has 1 unspecified atom stereocenters. The van der Waals surface area contributed by atoms with Gasteiger partial charge in [-0.2, -0.15) is 4.98 Å². The van der Waals surface area contributed by atoms with E-state index in [1.165, 1.54) is 10.9 Å². The van der Waals surface area contributed by atoms with Crippen LogP contribution in [0, 0.1) is 0 Å². The van der Waals surface area contributed by atoms with E-state index in [0.29, 0.717) is 19.4 Å². The molecule has 2 amide bonds. The second kappa shape index (κ2) is 14.9. The number of unbranched alkanes of at least 4 members (excludes halogenated alkanes) is 1. The molecule has 1 saturated carbocycles. The van der Waals surface area contributed by atoms with Crippen molar-refractivity contribution in [3.05, 3.63) is 16.7 Å². The van der Waals surface area contributed by atoms with Crippen LogP contribution in [0.4, 0.5) is 5.95 Å². The molecule has 17 N–H and O–H groups in total. The largest absolute Gasteiger partial charge is 0.389 e. The normalized spacial score (nSPS) is 32.7. The maximum absolute atomic E-state index is 12.6. The first-order valence-corrected chi connectivity index (χ1v) is 14.6. The number of nitrogens with zero attached hydrogens (tertiary/aromatic N) is 3. The Morgan fingerprint density at radius 3 is 2.56 bits per heavy atom. The maximum Gasteiger partial charge on any atom is 0.280 e. The van der Waals surface area contributed by atoms with Crippen LogP contribution in [0.25, 0.3) is 11.2 Å². The van der Waals surface area contributed by atoms with Crippen LogP contribution in [0.1, 0.15) is 25.7 Å². The van der Waals surface area contributed by atoms with E-state index in [-0.39, 0.29) is 49.0 Å². The summed E-state index contributed by atoms with van der Waals surface area (Å²) < 4.78 is 12.9. The van der Waals surface area contributed by atoms with E-state index in [2.05, 4.69) is 25.6 Å². The van der Waals surface area contributed by atoms with E-state index in [9.17, 15) is 34.8 Å². The predicted octanol–water partition coefficient (Wildman–Crippen LogP) is -6.63. The fourth-order valence-electron chi connectivity index (χ4n) is 5.35. The second-order valence-electron chi connectivity index (χ2n) is 11.4. The highest BCUT2D eigenvalue weighted by Gasteiger charge is 2.48. The second-order valence-corrected chi connectivity index (χ2v) is 11.4. The SMILES string of the molecule is Nc1nc2c(ncn2CC(=O)NCCCCC(N)C(=O)NC[C@H]2O[C@H](O[C@H]3[C@H](O)[C@@H](O)[C@H](N)C[C@@H]3N)[C@H](N)[C@@H](O)[C@@H]2O)c(=O)[nH]1. The molecule has 0 radical (unpaired) electrons. The molecule has 20 heteroatoms. The number of nitrogen functional groups attached to an aromatic ring is 1. The van der Waals surface area contributed by atoms with Gasteiger partial charge in [-0.3, -0.25) is 19.4 Å². The molecular formula is C25H43N11O9. The summed E-state index contributed by atoms with van der Waals surface area (Å²) in [6.07, 6.45) is -6.51. The van der Waals surface area contributed by atoms with Crippen LogP contribution in [0.2, 0.25) is 0 Å². The first kappa shape index (κ1) is 34.6. The zero-order valence-electron chi connectivity index (χ0n) is 24.4. The van der Waals surface area contributed by atoms with Crippen LogP contribution < -0.4 is 44.9 Å². The summed E-state index contributed by atoms with van der Waals surface area (Å²) in [4.78, 5) is 47.1. The number of nitrogens with two attached hydrogens (primary N) is 5. The van der Waals surface area contributed by atoms with Gasteiger partial charge in [-0.05, 0) is 25.7 Å². The Labute approximate surface area is 256 Å². The van der Waals surface area contributed by atoms with Crippen LogP contribution in [0.5, 0.6) is 0 Å². The molecule has 0 bridgehead atoms. The van der Waals surface area contributed by atoms with E-state index in [1.54, 1.807) is 0 Å². The van der Waals surface area contributed by atoms with E-state index in [0.717, 1.165) is 0 Å². The number of carbonyl (C=O) groups excluding carboxylic acids is 2. The molecule has 1 aliphatic heterocycles. The third-order valence-corrected chi connectivity index (χ3v) is 8.02. The van der Waals surface area contributed by atoms with E-state index in [1.807, 2.05) is 0 Å². The molecule has 1 aliphatic carbocycles. The number of aromatic nitrogens is 4. The zero-order valence-corrected chi connectivity index (χ0v) is 24.4. The third-order valence-electron chi connectivity index (χ3n) is 8.02. The summed E-state index contributed by atoms with van der Waals surface area (Å²) in [7, 11) is 0. The van der Waals surface area contributed by atoms with E-state index in [4.69, 9.17) is 38.1 Å². The number of hydrogen-bond acceptors (Lipinski definition) is 16. The molecule has 0 aromatic carbocycles. The van der Waals surface area contributed by atoms with Crippen molar-refractivity contribution in [1.82, 2.24) is 30.2 Å². The first-order chi connectivity index (χ1) is 21.3. The quantitative estimate of drug-likeness (QED) is 0.0958. The number of anilines is 1. The van der Waals surface area contributed by atoms with Crippen molar-refractivity contribution >= 4 is 28.9 Å². The Morgan fingerprint density at radius 2 is 1.82 bits per heavy atom. The molecule has 2 aliphatic rings. The highest BCUT2D eigenvalue weighted by molar-refractivity contribution is 5.81. The summed E-state index contributed by atoms with van der Waals surface area (Å²) in [5.41, 5.74) is 29.1. The lowest BCUT2D eigenvalue weighted by Gasteiger charge is -2.45. The van der Waals surface area contributed by atoms with Gasteiger partial charge in [0.05, 0.1) is 24.5 Å². The van der Waals surface area contributed by atoms with Crippen LogP contribution in [0.15, 0.2) is 11.1 Å². The summed E-state index contributed by atoms with van der Waals surface area (Å²) in [6, 6.07) is -3.64. The van der Waals surface area contributed by atoms with Gasteiger partial charge in [-0.1, -0.05) is 0 Å².